The average molecular weight is 250 g/mol. The first-order valence-corrected chi connectivity index (χ1v) is 5.14. The number of aldehydes is 1. The number of carbonyl (C=O) groups is 2. The first kappa shape index (κ1) is 11.4. The van der Waals surface area contributed by atoms with Gasteiger partial charge in [-0.25, -0.2) is 0 Å². The number of nitrogens with two attached hydrogens (primary N) is 1. The number of primary amides is 1. The molecule has 1 aromatic heterocycles. The molecule has 0 bridgehead atoms. The number of halogens is 1. The molecule has 1 aromatic carbocycles. The Labute approximate surface area is 102 Å². The maximum Gasteiger partial charge on any atom is 0.250 e. The van der Waals surface area contributed by atoms with Gasteiger partial charge in [-0.05, 0) is 24.3 Å². The fraction of sp³-hybridized carbons (Fsp3) is 0. The van der Waals surface area contributed by atoms with Crippen LogP contribution in [0.4, 0.5) is 0 Å². The molecule has 0 fully saturated rings. The van der Waals surface area contributed by atoms with Crippen LogP contribution in [0.5, 0.6) is 0 Å². The minimum atomic E-state index is -0.588. The van der Waals surface area contributed by atoms with Crippen LogP contribution in [0.25, 0.3) is 11.3 Å². The molecule has 5 heteroatoms. The molecule has 2 aromatic rings. The Morgan fingerprint density at radius 3 is 2.59 bits per heavy atom. The van der Waals surface area contributed by atoms with Gasteiger partial charge in [-0.15, -0.1) is 0 Å². The zero-order chi connectivity index (χ0) is 12.4. The quantitative estimate of drug-likeness (QED) is 0.850. The van der Waals surface area contributed by atoms with Crippen LogP contribution in [-0.4, -0.2) is 12.2 Å². The van der Waals surface area contributed by atoms with E-state index in [0.717, 1.165) is 0 Å². The van der Waals surface area contributed by atoms with Crippen LogP contribution in [0.2, 0.25) is 5.02 Å². The third-order valence-corrected chi connectivity index (χ3v) is 2.57. The fourth-order valence-electron chi connectivity index (χ4n) is 1.44. The highest BCUT2D eigenvalue weighted by Crippen LogP contribution is 2.26. The SMILES string of the molecule is NC(=O)c1ccc(-c2ccc(C=O)o2)cc1Cl. The number of hydrogen-bond donors (Lipinski definition) is 1. The Balaban J connectivity index is 2.43. The molecule has 0 saturated heterocycles. The summed E-state index contributed by atoms with van der Waals surface area (Å²) in [5.74, 6) is 0.148. The van der Waals surface area contributed by atoms with Gasteiger partial charge in [0.2, 0.25) is 5.91 Å². The van der Waals surface area contributed by atoms with Crippen LogP contribution in [-0.2, 0) is 0 Å². The zero-order valence-corrected chi connectivity index (χ0v) is 9.40. The molecule has 0 saturated carbocycles. The second kappa shape index (κ2) is 4.43. The van der Waals surface area contributed by atoms with Crippen LogP contribution in [0.3, 0.4) is 0 Å². The number of furan rings is 1. The predicted molar refractivity (Wildman–Crippen MR) is 63.1 cm³/mol. The molecule has 17 heavy (non-hydrogen) atoms. The van der Waals surface area contributed by atoms with Gasteiger partial charge in [0.25, 0.3) is 0 Å². The maximum atomic E-state index is 11.0. The smallest absolute Gasteiger partial charge is 0.250 e. The van der Waals surface area contributed by atoms with E-state index in [9.17, 15) is 9.59 Å². The number of carbonyl (C=O) groups excluding carboxylic acids is 2. The van der Waals surface area contributed by atoms with Crippen LogP contribution in [0.1, 0.15) is 20.9 Å². The summed E-state index contributed by atoms with van der Waals surface area (Å²) in [7, 11) is 0. The molecule has 0 atom stereocenters. The highest BCUT2D eigenvalue weighted by molar-refractivity contribution is 6.34. The molecule has 0 aliphatic carbocycles. The van der Waals surface area contributed by atoms with Gasteiger partial charge in [-0.1, -0.05) is 17.7 Å². The molecule has 0 unspecified atom stereocenters. The van der Waals surface area contributed by atoms with Crippen molar-refractivity contribution in [3.63, 3.8) is 0 Å². The molecule has 0 spiro atoms. The molecule has 1 amide bonds. The van der Waals surface area contributed by atoms with Gasteiger partial charge in [-0.2, -0.15) is 0 Å². The second-order valence-corrected chi connectivity index (χ2v) is 3.79. The molecule has 0 aliphatic rings. The van der Waals surface area contributed by atoms with E-state index in [0.29, 0.717) is 17.6 Å². The largest absolute Gasteiger partial charge is 0.453 e. The summed E-state index contributed by atoms with van der Waals surface area (Å²) in [6.45, 7) is 0. The predicted octanol–water partition coefficient (Wildman–Crippen LogP) is 2.51. The Hall–Kier alpha value is -2.07. The minimum absolute atomic E-state index is 0.232. The standard InChI is InChI=1S/C12H8ClNO3/c13-10-5-7(1-3-9(10)12(14)16)11-4-2-8(6-15)17-11/h1-6H,(H2,14,16). The van der Waals surface area contributed by atoms with Crippen molar-refractivity contribution >= 4 is 23.8 Å². The molecular weight excluding hydrogens is 242 g/mol. The van der Waals surface area contributed by atoms with Crippen LogP contribution >= 0.6 is 11.6 Å². The Morgan fingerprint density at radius 1 is 1.29 bits per heavy atom. The Kier molecular flexibility index (Phi) is 2.97. The van der Waals surface area contributed by atoms with Crippen molar-refractivity contribution in [3.05, 3.63) is 46.7 Å². The Bertz CT molecular complexity index is 589. The van der Waals surface area contributed by atoms with Crippen molar-refractivity contribution in [3.8, 4) is 11.3 Å². The highest BCUT2D eigenvalue weighted by Gasteiger charge is 2.10. The Morgan fingerprint density at radius 2 is 2.06 bits per heavy atom. The van der Waals surface area contributed by atoms with E-state index in [1.807, 2.05) is 0 Å². The summed E-state index contributed by atoms with van der Waals surface area (Å²) < 4.78 is 5.23. The highest BCUT2D eigenvalue weighted by atomic mass is 35.5. The fourth-order valence-corrected chi connectivity index (χ4v) is 1.71. The van der Waals surface area contributed by atoms with Crippen molar-refractivity contribution in [2.24, 2.45) is 5.73 Å². The lowest BCUT2D eigenvalue weighted by Crippen LogP contribution is -2.11. The number of rotatable bonds is 3. The summed E-state index contributed by atoms with van der Waals surface area (Å²) in [6, 6.07) is 7.94. The molecule has 86 valence electrons. The average Bonchev–Trinajstić information content (AvgIpc) is 2.76. The number of amides is 1. The number of hydrogen-bond acceptors (Lipinski definition) is 3. The lowest BCUT2D eigenvalue weighted by Gasteiger charge is -2.02. The second-order valence-electron chi connectivity index (χ2n) is 3.38. The van der Waals surface area contributed by atoms with Crippen molar-refractivity contribution in [2.45, 2.75) is 0 Å². The molecule has 0 aliphatic heterocycles. The van der Waals surface area contributed by atoms with Gasteiger partial charge >= 0.3 is 0 Å². The van der Waals surface area contributed by atoms with E-state index in [1.165, 1.54) is 6.07 Å². The lowest BCUT2D eigenvalue weighted by atomic mass is 10.1. The molecule has 0 radical (unpaired) electrons. The van der Waals surface area contributed by atoms with E-state index in [2.05, 4.69) is 0 Å². The van der Waals surface area contributed by atoms with Crippen LogP contribution < -0.4 is 5.73 Å². The van der Waals surface area contributed by atoms with Gasteiger partial charge in [0.1, 0.15) is 5.76 Å². The monoisotopic (exact) mass is 249 g/mol. The molecular formula is C12H8ClNO3. The van der Waals surface area contributed by atoms with Gasteiger partial charge in [0, 0.05) is 5.56 Å². The van der Waals surface area contributed by atoms with E-state index in [4.69, 9.17) is 21.8 Å². The van der Waals surface area contributed by atoms with Gasteiger partial charge in [-0.3, -0.25) is 9.59 Å². The number of benzene rings is 1. The van der Waals surface area contributed by atoms with E-state index < -0.39 is 5.91 Å². The van der Waals surface area contributed by atoms with Crippen LogP contribution in [0, 0.1) is 0 Å². The topological polar surface area (TPSA) is 73.3 Å². The van der Waals surface area contributed by atoms with Gasteiger partial charge in [0.05, 0.1) is 10.6 Å². The third-order valence-electron chi connectivity index (χ3n) is 2.26. The summed E-state index contributed by atoms with van der Waals surface area (Å²) in [5, 5.41) is 0.249. The van der Waals surface area contributed by atoms with E-state index >= 15 is 0 Å². The first-order valence-electron chi connectivity index (χ1n) is 4.76. The first-order chi connectivity index (χ1) is 8.11. The minimum Gasteiger partial charge on any atom is -0.453 e. The summed E-state index contributed by atoms with van der Waals surface area (Å²) in [4.78, 5) is 21.5. The van der Waals surface area contributed by atoms with Crippen molar-refractivity contribution < 1.29 is 14.0 Å². The van der Waals surface area contributed by atoms with Gasteiger partial charge < -0.3 is 10.2 Å². The van der Waals surface area contributed by atoms with Crippen molar-refractivity contribution in [1.82, 2.24) is 0 Å². The van der Waals surface area contributed by atoms with E-state index in [1.54, 1.807) is 24.3 Å². The molecule has 4 nitrogen and oxygen atoms in total. The van der Waals surface area contributed by atoms with Crippen molar-refractivity contribution in [1.29, 1.82) is 0 Å². The summed E-state index contributed by atoms with van der Waals surface area (Å²) >= 11 is 5.90. The lowest BCUT2D eigenvalue weighted by molar-refractivity contribution is 0.1000. The third kappa shape index (κ3) is 2.21. The zero-order valence-electron chi connectivity index (χ0n) is 8.64. The molecule has 2 rings (SSSR count). The van der Waals surface area contributed by atoms with Crippen LogP contribution in [0.15, 0.2) is 34.7 Å². The molecule has 2 N–H and O–H groups in total. The van der Waals surface area contributed by atoms with Crippen molar-refractivity contribution in [2.75, 3.05) is 0 Å². The molecule has 1 heterocycles. The van der Waals surface area contributed by atoms with E-state index in [-0.39, 0.29) is 16.3 Å². The van der Waals surface area contributed by atoms with Gasteiger partial charge in [0.15, 0.2) is 12.0 Å². The maximum absolute atomic E-state index is 11.0. The summed E-state index contributed by atoms with van der Waals surface area (Å²) in [5.41, 5.74) is 6.06. The summed E-state index contributed by atoms with van der Waals surface area (Å²) in [6.07, 6.45) is 0.614. The normalized spacial score (nSPS) is 10.2.